The molecule has 0 amide bonds. The third-order valence-electron chi connectivity index (χ3n) is 2.49. The number of carbonyl (C=O) groups is 1. The smallest absolute Gasteiger partial charge is 0.261 e. The predicted octanol–water partition coefficient (Wildman–Crippen LogP) is 3.10. The second-order valence-electron chi connectivity index (χ2n) is 3.78. The largest absolute Gasteiger partial charge is 0.364 e. The van der Waals surface area contributed by atoms with E-state index in [0.717, 1.165) is 12.0 Å². The van der Waals surface area contributed by atoms with Crippen molar-refractivity contribution >= 4 is 5.78 Å². The molecule has 1 rings (SSSR count). The molecule has 1 aromatic rings. The summed E-state index contributed by atoms with van der Waals surface area (Å²) in [6.07, 6.45) is -2.49. The Morgan fingerprint density at radius 1 is 1.29 bits per heavy atom. The van der Waals surface area contributed by atoms with Gasteiger partial charge in [0.2, 0.25) is 0 Å². The zero-order valence-corrected chi connectivity index (χ0v) is 9.95. The third-order valence-corrected chi connectivity index (χ3v) is 2.49. The zero-order valence-electron chi connectivity index (χ0n) is 9.95. The number of hydrogen-bond acceptors (Lipinski definition) is 2. The SMILES string of the molecule is CCc1ccc(C(=O)C(C)OCC(F)F)cc1. The lowest BCUT2D eigenvalue weighted by Gasteiger charge is -2.11. The molecule has 0 N–H and O–H groups in total. The van der Waals surface area contributed by atoms with Crippen LogP contribution in [-0.2, 0) is 11.2 Å². The van der Waals surface area contributed by atoms with E-state index in [2.05, 4.69) is 0 Å². The molecule has 1 aromatic carbocycles. The average Bonchev–Trinajstić information content (AvgIpc) is 2.35. The standard InChI is InChI=1S/C13H16F2O2/c1-3-10-4-6-11(7-5-10)13(16)9(2)17-8-12(14)15/h4-7,9,12H,3,8H2,1-2H3. The van der Waals surface area contributed by atoms with Crippen molar-refractivity contribution < 1.29 is 18.3 Å². The first-order chi connectivity index (χ1) is 8.04. The van der Waals surface area contributed by atoms with Crippen LogP contribution in [0.4, 0.5) is 8.78 Å². The lowest BCUT2D eigenvalue weighted by atomic mass is 10.0. The highest BCUT2D eigenvalue weighted by Gasteiger charge is 2.17. The first-order valence-corrected chi connectivity index (χ1v) is 5.57. The molecule has 0 aromatic heterocycles. The summed E-state index contributed by atoms with van der Waals surface area (Å²) in [5, 5.41) is 0. The fourth-order valence-corrected chi connectivity index (χ4v) is 1.43. The van der Waals surface area contributed by atoms with Crippen molar-refractivity contribution in [1.82, 2.24) is 0 Å². The number of Topliss-reactive ketones (excluding diaryl/α,β-unsaturated/α-hetero) is 1. The van der Waals surface area contributed by atoms with Gasteiger partial charge >= 0.3 is 0 Å². The molecule has 2 nitrogen and oxygen atoms in total. The molecule has 0 heterocycles. The van der Waals surface area contributed by atoms with Gasteiger partial charge in [0.1, 0.15) is 12.7 Å². The van der Waals surface area contributed by atoms with E-state index >= 15 is 0 Å². The van der Waals surface area contributed by atoms with Crippen LogP contribution in [0.15, 0.2) is 24.3 Å². The van der Waals surface area contributed by atoms with E-state index < -0.39 is 19.1 Å². The van der Waals surface area contributed by atoms with Gasteiger partial charge in [0.05, 0.1) is 0 Å². The Morgan fingerprint density at radius 3 is 2.35 bits per heavy atom. The Balaban J connectivity index is 2.61. The lowest BCUT2D eigenvalue weighted by Crippen LogP contribution is -2.23. The zero-order chi connectivity index (χ0) is 12.8. The summed E-state index contributed by atoms with van der Waals surface area (Å²) >= 11 is 0. The minimum atomic E-state index is -2.55. The highest BCUT2D eigenvalue weighted by molar-refractivity contribution is 5.99. The second kappa shape index (κ2) is 6.45. The molecule has 4 heteroatoms. The predicted molar refractivity (Wildman–Crippen MR) is 61.6 cm³/mol. The topological polar surface area (TPSA) is 26.3 Å². The van der Waals surface area contributed by atoms with E-state index in [9.17, 15) is 13.6 Å². The van der Waals surface area contributed by atoms with E-state index in [1.807, 2.05) is 19.1 Å². The third kappa shape index (κ3) is 4.23. The number of benzene rings is 1. The van der Waals surface area contributed by atoms with Crippen molar-refractivity contribution in [2.45, 2.75) is 32.8 Å². The normalized spacial score (nSPS) is 12.8. The van der Waals surface area contributed by atoms with Gasteiger partial charge in [-0.2, -0.15) is 0 Å². The molecule has 0 saturated carbocycles. The monoisotopic (exact) mass is 242 g/mol. The van der Waals surface area contributed by atoms with E-state index in [1.165, 1.54) is 6.92 Å². The van der Waals surface area contributed by atoms with Gasteiger partial charge < -0.3 is 4.74 Å². The van der Waals surface area contributed by atoms with E-state index in [4.69, 9.17) is 4.74 Å². The van der Waals surface area contributed by atoms with Crippen LogP contribution in [0.1, 0.15) is 29.8 Å². The summed E-state index contributed by atoms with van der Waals surface area (Å²) in [5.74, 6) is -0.270. The molecule has 0 saturated heterocycles. The minimum Gasteiger partial charge on any atom is -0.364 e. The average molecular weight is 242 g/mol. The summed E-state index contributed by atoms with van der Waals surface area (Å²) in [7, 11) is 0. The Bertz CT molecular complexity index is 360. The van der Waals surface area contributed by atoms with Gasteiger partial charge in [0.15, 0.2) is 5.78 Å². The Morgan fingerprint density at radius 2 is 1.88 bits per heavy atom. The molecule has 1 atom stereocenters. The summed E-state index contributed by atoms with van der Waals surface area (Å²) in [4.78, 5) is 11.8. The number of ketones is 1. The first kappa shape index (κ1) is 13.8. The van der Waals surface area contributed by atoms with Crippen LogP contribution in [0.25, 0.3) is 0 Å². The van der Waals surface area contributed by atoms with Crippen LogP contribution >= 0.6 is 0 Å². The number of halogens is 2. The van der Waals surface area contributed by atoms with Crippen molar-refractivity contribution in [2.24, 2.45) is 0 Å². The second-order valence-corrected chi connectivity index (χ2v) is 3.78. The minimum absolute atomic E-state index is 0.270. The highest BCUT2D eigenvalue weighted by Crippen LogP contribution is 2.10. The number of alkyl halides is 2. The van der Waals surface area contributed by atoms with E-state index in [0.29, 0.717) is 5.56 Å². The molecular weight excluding hydrogens is 226 g/mol. The maximum atomic E-state index is 11.9. The van der Waals surface area contributed by atoms with E-state index in [-0.39, 0.29) is 5.78 Å². The fourth-order valence-electron chi connectivity index (χ4n) is 1.43. The molecule has 0 fully saturated rings. The van der Waals surface area contributed by atoms with Crippen LogP contribution in [-0.4, -0.2) is 24.9 Å². The Hall–Kier alpha value is -1.29. The summed E-state index contributed by atoms with van der Waals surface area (Å²) < 4.78 is 28.6. The van der Waals surface area contributed by atoms with Gasteiger partial charge in [-0.1, -0.05) is 31.2 Å². The quantitative estimate of drug-likeness (QED) is 0.716. The molecule has 0 radical (unpaired) electrons. The molecule has 1 unspecified atom stereocenters. The fraction of sp³-hybridized carbons (Fsp3) is 0.462. The molecule has 0 spiro atoms. The number of hydrogen-bond donors (Lipinski definition) is 0. The van der Waals surface area contributed by atoms with Gasteiger partial charge in [-0.3, -0.25) is 4.79 Å². The number of ether oxygens (including phenoxy) is 1. The molecular formula is C13H16F2O2. The Kier molecular flexibility index (Phi) is 5.22. The van der Waals surface area contributed by atoms with Crippen molar-refractivity contribution in [1.29, 1.82) is 0 Å². The van der Waals surface area contributed by atoms with Crippen molar-refractivity contribution in [3.63, 3.8) is 0 Å². The first-order valence-electron chi connectivity index (χ1n) is 5.57. The van der Waals surface area contributed by atoms with Gasteiger partial charge in [-0.05, 0) is 18.9 Å². The molecule has 0 bridgehead atoms. The van der Waals surface area contributed by atoms with E-state index in [1.54, 1.807) is 12.1 Å². The molecule has 17 heavy (non-hydrogen) atoms. The molecule has 0 aliphatic heterocycles. The summed E-state index contributed by atoms with van der Waals surface area (Å²) in [5.41, 5.74) is 1.62. The number of aryl methyl sites for hydroxylation is 1. The van der Waals surface area contributed by atoms with Crippen molar-refractivity contribution in [3.05, 3.63) is 35.4 Å². The maximum absolute atomic E-state index is 11.9. The number of carbonyl (C=O) groups excluding carboxylic acids is 1. The van der Waals surface area contributed by atoms with Crippen LogP contribution in [0.3, 0.4) is 0 Å². The summed E-state index contributed by atoms with van der Waals surface area (Å²) in [6, 6.07) is 7.10. The Labute approximate surface area is 99.6 Å². The van der Waals surface area contributed by atoms with Gasteiger partial charge in [0.25, 0.3) is 6.43 Å². The van der Waals surface area contributed by atoms with Crippen LogP contribution in [0, 0.1) is 0 Å². The lowest BCUT2D eigenvalue weighted by molar-refractivity contribution is -0.00985. The number of rotatable bonds is 6. The van der Waals surface area contributed by atoms with Gasteiger partial charge in [0, 0.05) is 5.56 Å². The van der Waals surface area contributed by atoms with Gasteiger partial charge in [-0.15, -0.1) is 0 Å². The molecule has 0 aliphatic carbocycles. The molecule has 94 valence electrons. The highest BCUT2D eigenvalue weighted by atomic mass is 19.3. The van der Waals surface area contributed by atoms with Crippen LogP contribution < -0.4 is 0 Å². The van der Waals surface area contributed by atoms with Crippen LogP contribution in [0.5, 0.6) is 0 Å². The van der Waals surface area contributed by atoms with Crippen molar-refractivity contribution in [2.75, 3.05) is 6.61 Å². The van der Waals surface area contributed by atoms with Gasteiger partial charge in [-0.25, -0.2) is 8.78 Å². The molecule has 0 aliphatic rings. The van der Waals surface area contributed by atoms with Crippen molar-refractivity contribution in [3.8, 4) is 0 Å². The van der Waals surface area contributed by atoms with Crippen LogP contribution in [0.2, 0.25) is 0 Å². The maximum Gasteiger partial charge on any atom is 0.261 e. The summed E-state index contributed by atoms with van der Waals surface area (Å²) in [6.45, 7) is 2.80.